The summed E-state index contributed by atoms with van der Waals surface area (Å²) in [7, 11) is 0. The number of likely N-dealkylation sites (tertiary alicyclic amines) is 1. The second kappa shape index (κ2) is 12.9. The fourth-order valence-electron chi connectivity index (χ4n) is 4.44. The third-order valence-corrected chi connectivity index (χ3v) is 6.37. The average Bonchev–Trinajstić information content (AvgIpc) is 3.15. The molecule has 0 unspecified atom stereocenters. The highest BCUT2D eigenvalue weighted by atomic mass is 16.6. The lowest BCUT2D eigenvalue weighted by Gasteiger charge is -2.27. The third kappa shape index (κ3) is 6.34. The fraction of sp³-hybridized carbons (Fsp3) is 0.444. The zero-order valence-electron chi connectivity index (χ0n) is 20.9. The molecule has 36 heavy (non-hydrogen) atoms. The van der Waals surface area contributed by atoms with Gasteiger partial charge in [-0.25, -0.2) is 0 Å². The molecule has 1 N–H and O–H groups in total. The van der Waals surface area contributed by atoms with E-state index in [0.29, 0.717) is 18.7 Å². The van der Waals surface area contributed by atoms with Gasteiger partial charge in [0.2, 0.25) is 0 Å². The Hall–Kier alpha value is -3.59. The van der Waals surface area contributed by atoms with E-state index in [1.54, 1.807) is 24.4 Å². The van der Waals surface area contributed by atoms with Gasteiger partial charge in [-0.05, 0) is 51.0 Å². The number of aromatic nitrogens is 1. The number of aliphatic hydroxyl groups excluding tert-OH is 1. The molecule has 1 fully saturated rings. The molecule has 2 heterocycles. The Morgan fingerprint density at radius 2 is 1.75 bits per heavy atom. The molecule has 1 aliphatic rings. The predicted molar refractivity (Wildman–Crippen MR) is 137 cm³/mol. The van der Waals surface area contributed by atoms with Crippen LogP contribution < -0.4 is 0 Å². The van der Waals surface area contributed by atoms with E-state index in [2.05, 4.69) is 23.7 Å². The van der Waals surface area contributed by atoms with E-state index < -0.39 is 28.4 Å². The van der Waals surface area contributed by atoms with Gasteiger partial charge in [0.15, 0.2) is 0 Å². The van der Waals surface area contributed by atoms with Gasteiger partial charge in [0.1, 0.15) is 11.8 Å². The number of carbonyl (C=O) groups is 2. The van der Waals surface area contributed by atoms with E-state index in [4.69, 9.17) is 0 Å². The predicted octanol–water partition coefficient (Wildman–Crippen LogP) is 4.70. The topological polar surface area (TPSA) is 117 Å². The molecule has 0 spiro atoms. The molecule has 1 aliphatic heterocycles. The third-order valence-electron chi connectivity index (χ3n) is 6.37. The normalized spacial score (nSPS) is 17.2. The molecule has 1 aromatic carbocycles. The largest absolute Gasteiger partial charge is 0.507 e. The first-order valence-electron chi connectivity index (χ1n) is 12.6. The number of aliphatic hydroxyl groups is 1. The van der Waals surface area contributed by atoms with Gasteiger partial charge in [-0.3, -0.25) is 24.7 Å². The van der Waals surface area contributed by atoms with Crippen molar-refractivity contribution in [3.8, 4) is 0 Å². The minimum Gasteiger partial charge on any atom is -0.507 e. The number of ketones is 1. The van der Waals surface area contributed by atoms with E-state index in [9.17, 15) is 24.8 Å². The van der Waals surface area contributed by atoms with Gasteiger partial charge in [-0.2, -0.15) is 0 Å². The standard InChI is InChI=1S/C27H34N4O5/c1-3-5-15-29(16-6-4-2)17-10-18-30-24(22-13-7-8-14-28-22)23(26(33)27(30)34)25(32)20-11-9-12-21(19-20)31(35)36/h7-9,11-14,19,24,32H,3-6,10,15-18H2,1-2H3/t24-/m0/s1. The van der Waals surface area contributed by atoms with Crippen LogP contribution in [0.15, 0.2) is 54.2 Å². The van der Waals surface area contributed by atoms with Gasteiger partial charge < -0.3 is 14.9 Å². The molecular formula is C27H34N4O5. The zero-order chi connectivity index (χ0) is 26.1. The maximum atomic E-state index is 13.1. The van der Waals surface area contributed by atoms with Gasteiger partial charge in [-0.1, -0.05) is 44.9 Å². The number of amides is 1. The van der Waals surface area contributed by atoms with E-state index >= 15 is 0 Å². The first kappa shape index (κ1) is 27.0. The number of non-ortho nitro benzene ring substituents is 1. The van der Waals surface area contributed by atoms with Gasteiger partial charge in [0, 0.05) is 30.4 Å². The van der Waals surface area contributed by atoms with E-state index in [0.717, 1.165) is 45.3 Å². The highest BCUT2D eigenvalue weighted by molar-refractivity contribution is 6.46. The summed E-state index contributed by atoms with van der Waals surface area (Å²) in [6, 6.07) is 9.73. The number of rotatable bonds is 13. The van der Waals surface area contributed by atoms with Crippen LogP contribution in [-0.2, 0) is 9.59 Å². The van der Waals surface area contributed by atoms with Crippen molar-refractivity contribution in [1.29, 1.82) is 0 Å². The SMILES string of the molecule is CCCCN(CCCC)CCCN1C(=O)C(=O)C(=C(O)c2cccc([N+](=O)[O-])c2)[C@@H]1c1ccccn1. The Morgan fingerprint density at radius 1 is 1.06 bits per heavy atom. The lowest BCUT2D eigenvalue weighted by Crippen LogP contribution is -2.34. The molecule has 9 nitrogen and oxygen atoms in total. The summed E-state index contributed by atoms with van der Waals surface area (Å²) in [5.41, 5.74) is 0.237. The number of benzene rings is 1. The van der Waals surface area contributed by atoms with E-state index in [-0.39, 0.29) is 16.8 Å². The van der Waals surface area contributed by atoms with Crippen LogP contribution in [0.2, 0.25) is 0 Å². The smallest absolute Gasteiger partial charge is 0.295 e. The maximum Gasteiger partial charge on any atom is 0.295 e. The second-order valence-electron chi connectivity index (χ2n) is 8.96. The van der Waals surface area contributed by atoms with Crippen LogP contribution in [0.4, 0.5) is 5.69 Å². The van der Waals surface area contributed by atoms with Crippen molar-refractivity contribution in [3.05, 3.63) is 75.6 Å². The fourth-order valence-corrected chi connectivity index (χ4v) is 4.44. The molecule has 1 amide bonds. The number of pyridine rings is 1. The minimum atomic E-state index is -0.870. The Labute approximate surface area is 211 Å². The highest BCUT2D eigenvalue weighted by Crippen LogP contribution is 2.39. The Balaban J connectivity index is 1.92. The number of nitro benzene ring substituents is 1. The van der Waals surface area contributed by atoms with Gasteiger partial charge in [0.25, 0.3) is 17.4 Å². The second-order valence-corrected chi connectivity index (χ2v) is 8.96. The number of hydrogen-bond donors (Lipinski definition) is 1. The molecule has 0 bridgehead atoms. The van der Waals surface area contributed by atoms with Crippen LogP contribution in [0.5, 0.6) is 0 Å². The molecule has 1 aromatic heterocycles. The number of unbranched alkanes of at least 4 members (excludes halogenated alkanes) is 2. The molecule has 1 atom stereocenters. The van der Waals surface area contributed by atoms with Gasteiger partial charge >= 0.3 is 0 Å². The van der Waals surface area contributed by atoms with Crippen LogP contribution in [0.1, 0.15) is 63.3 Å². The van der Waals surface area contributed by atoms with E-state index in [1.165, 1.54) is 29.2 Å². The lowest BCUT2D eigenvalue weighted by molar-refractivity contribution is -0.384. The quantitative estimate of drug-likeness (QED) is 0.141. The summed E-state index contributed by atoms with van der Waals surface area (Å²) in [6.45, 7) is 7.42. The zero-order valence-corrected chi connectivity index (χ0v) is 20.9. The first-order chi connectivity index (χ1) is 17.4. The number of nitrogens with zero attached hydrogens (tertiary/aromatic N) is 4. The van der Waals surface area contributed by atoms with Crippen molar-refractivity contribution >= 4 is 23.1 Å². The van der Waals surface area contributed by atoms with Gasteiger partial charge in [0.05, 0.1) is 16.2 Å². The van der Waals surface area contributed by atoms with Crippen LogP contribution in [0.3, 0.4) is 0 Å². The summed E-state index contributed by atoms with van der Waals surface area (Å²) in [5.74, 6) is -1.96. The molecule has 9 heteroatoms. The van der Waals surface area contributed by atoms with Crippen LogP contribution in [0.25, 0.3) is 5.76 Å². The van der Waals surface area contributed by atoms with Crippen molar-refractivity contribution in [2.45, 2.75) is 52.0 Å². The summed E-state index contributed by atoms with van der Waals surface area (Å²) in [4.78, 5) is 45.1. The molecule has 0 aliphatic carbocycles. The molecule has 0 saturated carbocycles. The van der Waals surface area contributed by atoms with Crippen molar-refractivity contribution in [1.82, 2.24) is 14.8 Å². The van der Waals surface area contributed by atoms with Crippen LogP contribution in [-0.4, -0.2) is 62.7 Å². The Kier molecular flexibility index (Phi) is 9.69. The Morgan fingerprint density at radius 3 is 2.36 bits per heavy atom. The van der Waals surface area contributed by atoms with E-state index in [1.807, 2.05) is 0 Å². The average molecular weight is 495 g/mol. The van der Waals surface area contributed by atoms with Crippen molar-refractivity contribution < 1.29 is 19.6 Å². The molecule has 1 saturated heterocycles. The molecular weight excluding hydrogens is 460 g/mol. The molecule has 192 valence electrons. The van der Waals surface area contributed by atoms with Crippen LogP contribution in [0, 0.1) is 10.1 Å². The monoisotopic (exact) mass is 494 g/mol. The lowest BCUT2D eigenvalue weighted by atomic mass is 9.98. The van der Waals surface area contributed by atoms with Crippen molar-refractivity contribution in [3.63, 3.8) is 0 Å². The number of nitro groups is 1. The number of Topliss-reactive ketones (excluding diaryl/α,β-unsaturated/α-hetero) is 1. The highest BCUT2D eigenvalue weighted by Gasteiger charge is 2.46. The summed E-state index contributed by atoms with van der Waals surface area (Å²) in [5, 5.41) is 22.3. The Bertz CT molecular complexity index is 1090. The molecule has 0 radical (unpaired) electrons. The van der Waals surface area contributed by atoms with Crippen LogP contribution >= 0.6 is 0 Å². The first-order valence-corrected chi connectivity index (χ1v) is 12.6. The number of carbonyl (C=O) groups excluding carboxylic acids is 2. The molecule has 2 aromatic rings. The minimum absolute atomic E-state index is 0.104. The number of hydrogen-bond acceptors (Lipinski definition) is 7. The van der Waals surface area contributed by atoms with Crippen molar-refractivity contribution in [2.75, 3.05) is 26.2 Å². The van der Waals surface area contributed by atoms with Gasteiger partial charge in [-0.15, -0.1) is 0 Å². The summed E-state index contributed by atoms with van der Waals surface area (Å²) >= 11 is 0. The maximum absolute atomic E-state index is 13.1. The van der Waals surface area contributed by atoms with Crippen molar-refractivity contribution in [2.24, 2.45) is 0 Å². The summed E-state index contributed by atoms with van der Waals surface area (Å²) in [6.07, 6.45) is 6.65. The molecule has 3 rings (SSSR count). The summed E-state index contributed by atoms with van der Waals surface area (Å²) < 4.78 is 0.